The van der Waals surface area contributed by atoms with Crippen LogP contribution in [-0.2, 0) is 22.0 Å². The molecule has 3 rings (SSSR count). The molecule has 0 fully saturated rings. The predicted octanol–water partition coefficient (Wildman–Crippen LogP) is 3.28. The van der Waals surface area contributed by atoms with Crippen LogP contribution in [-0.4, -0.2) is 13.6 Å². The number of benzene rings is 1. The van der Waals surface area contributed by atoms with Gasteiger partial charge < -0.3 is 4.52 Å². The second-order valence-electron chi connectivity index (χ2n) is 5.69. The number of hydrogen-bond acceptors (Lipinski definition) is 4. The largest absolute Gasteiger partial charge is 0.361 e. The number of aryl methyl sites for hydroxylation is 3. The van der Waals surface area contributed by atoms with E-state index in [0.29, 0.717) is 23.4 Å². The third-order valence-electron chi connectivity index (χ3n) is 4.27. The summed E-state index contributed by atoms with van der Waals surface area (Å²) < 4.78 is 30.8. The molecule has 1 aromatic heterocycles. The van der Waals surface area contributed by atoms with Crippen LogP contribution >= 0.6 is 0 Å². The van der Waals surface area contributed by atoms with E-state index < -0.39 is 15.1 Å². The van der Waals surface area contributed by atoms with E-state index in [4.69, 9.17) is 4.52 Å². The summed E-state index contributed by atoms with van der Waals surface area (Å²) in [5.74, 6) is 0.604. The maximum atomic E-state index is 12.9. The van der Waals surface area contributed by atoms with Crippen molar-refractivity contribution in [2.45, 2.75) is 44.1 Å². The van der Waals surface area contributed by atoms with Gasteiger partial charge in [-0.05, 0) is 44.2 Å². The fourth-order valence-electron chi connectivity index (χ4n) is 3.09. The minimum Gasteiger partial charge on any atom is -0.361 e. The van der Waals surface area contributed by atoms with Crippen LogP contribution in [0.3, 0.4) is 0 Å². The lowest BCUT2D eigenvalue weighted by molar-refractivity contribution is 0.392. The van der Waals surface area contributed by atoms with Gasteiger partial charge in [-0.25, -0.2) is 8.42 Å². The van der Waals surface area contributed by atoms with Crippen LogP contribution in [0.1, 0.15) is 46.2 Å². The van der Waals surface area contributed by atoms with Crippen molar-refractivity contribution in [3.05, 3.63) is 52.4 Å². The molecule has 1 aliphatic carbocycles. The van der Waals surface area contributed by atoms with Crippen LogP contribution in [0.5, 0.6) is 0 Å². The smallest absolute Gasteiger partial charge is 0.161 e. The van der Waals surface area contributed by atoms with Crippen molar-refractivity contribution in [2.75, 3.05) is 0 Å². The molecule has 1 aromatic carbocycles. The number of sulfone groups is 1. The molecule has 0 aliphatic heterocycles. The van der Waals surface area contributed by atoms with Gasteiger partial charge >= 0.3 is 0 Å². The van der Waals surface area contributed by atoms with Crippen molar-refractivity contribution in [3.63, 3.8) is 0 Å². The molecule has 0 bridgehead atoms. The van der Waals surface area contributed by atoms with Crippen molar-refractivity contribution < 1.29 is 12.9 Å². The number of aromatic nitrogens is 1. The van der Waals surface area contributed by atoms with Crippen molar-refractivity contribution in [2.24, 2.45) is 0 Å². The van der Waals surface area contributed by atoms with E-state index in [9.17, 15) is 8.42 Å². The molecule has 1 unspecified atom stereocenters. The highest BCUT2D eigenvalue weighted by Crippen LogP contribution is 2.37. The number of nitrogens with zero attached hydrogens (tertiary/aromatic N) is 1. The maximum Gasteiger partial charge on any atom is 0.161 e. The Balaban J connectivity index is 1.97. The maximum absolute atomic E-state index is 12.9. The average Bonchev–Trinajstić information content (AvgIpc) is 2.78. The summed E-state index contributed by atoms with van der Waals surface area (Å²) in [4.78, 5) is 0. The normalized spacial score (nSPS) is 18.5. The molecular formula is C16H19NO3S. The fourth-order valence-corrected chi connectivity index (χ4v) is 5.25. The lowest BCUT2D eigenvalue weighted by atomic mass is 9.91. The minimum absolute atomic E-state index is 0.00711. The highest BCUT2D eigenvalue weighted by atomic mass is 32.2. The van der Waals surface area contributed by atoms with Crippen LogP contribution < -0.4 is 0 Å². The molecule has 21 heavy (non-hydrogen) atoms. The summed E-state index contributed by atoms with van der Waals surface area (Å²) in [5, 5.41) is 3.44. The first-order chi connectivity index (χ1) is 9.99. The predicted molar refractivity (Wildman–Crippen MR) is 80.7 cm³/mol. The van der Waals surface area contributed by atoms with Gasteiger partial charge in [0.25, 0.3) is 0 Å². The Labute approximate surface area is 125 Å². The molecule has 1 heterocycles. The Morgan fingerprint density at radius 2 is 2.05 bits per heavy atom. The molecule has 2 aromatic rings. The standard InChI is InChI=1S/C16H19NO3S/c1-11-15(12(2)20-17-11)10-21(18,19)16-9-5-7-13-6-3-4-8-14(13)16/h3-4,6,8,16H,5,7,9-10H2,1-2H3. The SMILES string of the molecule is Cc1noc(C)c1CS(=O)(=O)C1CCCc2ccccc21. The van der Waals surface area contributed by atoms with Gasteiger partial charge in [0.05, 0.1) is 16.7 Å². The molecule has 1 aliphatic rings. The van der Waals surface area contributed by atoms with Gasteiger partial charge in [-0.3, -0.25) is 0 Å². The van der Waals surface area contributed by atoms with E-state index in [0.717, 1.165) is 24.0 Å². The van der Waals surface area contributed by atoms with Crippen LogP contribution in [0.2, 0.25) is 0 Å². The Hall–Kier alpha value is -1.62. The molecule has 0 saturated heterocycles. The number of fused-ring (bicyclic) bond motifs is 1. The highest BCUT2D eigenvalue weighted by Gasteiger charge is 2.32. The molecule has 0 amide bonds. The van der Waals surface area contributed by atoms with Gasteiger partial charge in [0, 0.05) is 5.56 Å². The topological polar surface area (TPSA) is 60.2 Å². The second-order valence-corrected chi connectivity index (χ2v) is 7.87. The number of rotatable bonds is 3. The summed E-state index contributed by atoms with van der Waals surface area (Å²) >= 11 is 0. The zero-order chi connectivity index (χ0) is 15.0. The van der Waals surface area contributed by atoms with Crippen molar-refractivity contribution >= 4 is 9.84 Å². The summed E-state index contributed by atoms with van der Waals surface area (Å²) in [6.07, 6.45) is 2.58. The molecule has 0 radical (unpaired) electrons. The van der Waals surface area contributed by atoms with E-state index >= 15 is 0 Å². The summed E-state index contributed by atoms with van der Waals surface area (Å²) in [6.45, 7) is 3.55. The van der Waals surface area contributed by atoms with Crippen LogP contribution in [0, 0.1) is 13.8 Å². The molecule has 0 spiro atoms. The first-order valence-electron chi connectivity index (χ1n) is 7.20. The van der Waals surface area contributed by atoms with E-state index in [2.05, 4.69) is 5.16 Å². The number of hydrogen-bond donors (Lipinski definition) is 0. The van der Waals surface area contributed by atoms with Crippen molar-refractivity contribution in [1.82, 2.24) is 5.16 Å². The van der Waals surface area contributed by atoms with Crippen LogP contribution in [0.25, 0.3) is 0 Å². The van der Waals surface area contributed by atoms with Gasteiger partial charge in [0.15, 0.2) is 9.84 Å². The molecule has 112 valence electrons. The molecule has 5 heteroatoms. The third kappa shape index (κ3) is 2.62. The van der Waals surface area contributed by atoms with E-state index in [-0.39, 0.29) is 5.75 Å². The first kappa shape index (κ1) is 14.3. The lowest BCUT2D eigenvalue weighted by Crippen LogP contribution is -2.20. The molecule has 1 atom stereocenters. The first-order valence-corrected chi connectivity index (χ1v) is 8.91. The summed E-state index contributed by atoms with van der Waals surface area (Å²) in [7, 11) is -3.26. The van der Waals surface area contributed by atoms with Gasteiger partial charge in [0.2, 0.25) is 0 Å². The molecule has 0 saturated carbocycles. The Bertz CT molecular complexity index is 742. The zero-order valence-corrected chi connectivity index (χ0v) is 13.1. The summed E-state index contributed by atoms with van der Waals surface area (Å²) in [6, 6.07) is 7.88. The minimum atomic E-state index is -3.26. The highest BCUT2D eigenvalue weighted by molar-refractivity contribution is 7.90. The quantitative estimate of drug-likeness (QED) is 0.873. The van der Waals surface area contributed by atoms with Crippen LogP contribution in [0.15, 0.2) is 28.8 Å². The zero-order valence-electron chi connectivity index (χ0n) is 12.3. The molecule has 4 nitrogen and oxygen atoms in total. The van der Waals surface area contributed by atoms with Crippen molar-refractivity contribution in [1.29, 1.82) is 0 Å². The summed E-state index contributed by atoms with van der Waals surface area (Å²) in [5.41, 5.74) is 3.50. The molecular weight excluding hydrogens is 286 g/mol. The molecule has 0 N–H and O–H groups in total. The van der Waals surface area contributed by atoms with Crippen LogP contribution in [0.4, 0.5) is 0 Å². The monoisotopic (exact) mass is 305 g/mol. The Kier molecular flexibility index (Phi) is 3.61. The lowest BCUT2D eigenvalue weighted by Gasteiger charge is -2.25. The van der Waals surface area contributed by atoms with Gasteiger partial charge in [-0.15, -0.1) is 0 Å². The Morgan fingerprint density at radius 1 is 1.29 bits per heavy atom. The van der Waals surface area contributed by atoms with E-state index in [1.807, 2.05) is 24.3 Å². The fraction of sp³-hybridized carbons (Fsp3) is 0.438. The second kappa shape index (κ2) is 5.30. The van der Waals surface area contributed by atoms with Gasteiger partial charge in [-0.2, -0.15) is 0 Å². The third-order valence-corrected chi connectivity index (χ3v) is 6.32. The van der Waals surface area contributed by atoms with Gasteiger partial charge in [0.1, 0.15) is 5.76 Å². The average molecular weight is 305 g/mol. The van der Waals surface area contributed by atoms with Gasteiger partial charge in [-0.1, -0.05) is 29.4 Å². The van der Waals surface area contributed by atoms with E-state index in [1.165, 1.54) is 0 Å². The Morgan fingerprint density at radius 3 is 2.76 bits per heavy atom. The van der Waals surface area contributed by atoms with Crippen molar-refractivity contribution in [3.8, 4) is 0 Å². The van der Waals surface area contributed by atoms with E-state index in [1.54, 1.807) is 13.8 Å².